The van der Waals surface area contributed by atoms with Crippen LogP contribution in [0.15, 0.2) is 12.1 Å². The van der Waals surface area contributed by atoms with Crippen molar-refractivity contribution in [2.75, 3.05) is 26.2 Å². The highest BCUT2D eigenvalue weighted by Gasteiger charge is 2.39. The van der Waals surface area contributed by atoms with E-state index in [1.54, 1.807) is 0 Å². The molecule has 2 N–H and O–H groups in total. The van der Waals surface area contributed by atoms with Gasteiger partial charge in [0, 0.05) is 18.6 Å². The van der Waals surface area contributed by atoms with Gasteiger partial charge in [-0.05, 0) is 6.42 Å². The second-order valence-electron chi connectivity index (χ2n) is 4.99. The van der Waals surface area contributed by atoms with Crippen LogP contribution in [0.2, 0.25) is 0 Å². The van der Waals surface area contributed by atoms with Crippen LogP contribution in [0.3, 0.4) is 0 Å². The molecule has 1 aliphatic heterocycles. The third-order valence-electron chi connectivity index (χ3n) is 3.57. The molecule has 1 aromatic carbocycles. The van der Waals surface area contributed by atoms with Crippen molar-refractivity contribution in [3.05, 3.63) is 12.1 Å². The lowest BCUT2D eigenvalue weighted by atomic mass is 10.1. The van der Waals surface area contributed by atoms with E-state index in [0.717, 1.165) is 4.90 Å². The summed E-state index contributed by atoms with van der Waals surface area (Å²) < 4.78 is 15.6. The Kier molecular flexibility index (Phi) is 5.12. The molecule has 9 heteroatoms. The van der Waals surface area contributed by atoms with Gasteiger partial charge < -0.3 is 24.6 Å². The highest BCUT2D eigenvalue weighted by molar-refractivity contribution is 6.21. The minimum atomic E-state index is -1.04. The van der Waals surface area contributed by atoms with Crippen molar-refractivity contribution in [2.45, 2.75) is 18.9 Å². The third kappa shape index (κ3) is 3.19. The van der Waals surface area contributed by atoms with Crippen molar-refractivity contribution in [1.29, 1.82) is 0 Å². The predicted molar refractivity (Wildman–Crippen MR) is 82.8 cm³/mol. The van der Waals surface area contributed by atoms with E-state index in [0.29, 0.717) is 17.2 Å². The van der Waals surface area contributed by atoms with Crippen LogP contribution >= 0.6 is 0 Å². The van der Waals surface area contributed by atoms with Gasteiger partial charge in [-0.3, -0.25) is 9.59 Å². The lowest BCUT2D eigenvalue weighted by Crippen LogP contribution is -2.31. The van der Waals surface area contributed by atoms with Crippen molar-refractivity contribution >= 4 is 23.6 Å². The van der Waals surface area contributed by atoms with Gasteiger partial charge in [0.05, 0.1) is 27.0 Å². The van der Waals surface area contributed by atoms with Crippen LogP contribution in [0.5, 0.6) is 17.2 Å². The Labute approximate surface area is 138 Å². The summed E-state index contributed by atoms with van der Waals surface area (Å²) in [6.45, 7) is 0. The molecule has 9 nitrogen and oxygen atoms in total. The Balaban J connectivity index is 2.35. The van der Waals surface area contributed by atoms with Crippen LogP contribution in [0.1, 0.15) is 12.8 Å². The highest BCUT2D eigenvalue weighted by atomic mass is 16.5. The SMILES string of the molecule is COc1cc(N2C(=O)N[C@H](CCC(=O)O)C2=O)cc(OC)c1OC. The summed E-state index contributed by atoms with van der Waals surface area (Å²) in [5.41, 5.74) is 0.241. The third-order valence-corrected chi connectivity index (χ3v) is 3.57. The number of nitrogens with zero attached hydrogens (tertiary/aromatic N) is 1. The number of urea groups is 1. The number of imide groups is 1. The van der Waals surface area contributed by atoms with Crippen LogP contribution in [-0.4, -0.2) is 50.4 Å². The number of rotatable bonds is 7. The van der Waals surface area contributed by atoms with Crippen LogP contribution < -0.4 is 24.4 Å². The number of benzene rings is 1. The fourth-order valence-electron chi connectivity index (χ4n) is 2.44. The standard InChI is InChI=1S/C15H18N2O7/c1-22-10-6-8(7-11(23-2)13(10)24-3)17-14(20)9(16-15(17)21)4-5-12(18)19/h6-7,9H,4-5H2,1-3H3,(H,16,21)(H,18,19)/t9-/m1/s1. The summed E-state index contributed by atoms with van der Waals surface area (Å²) in [7, 11) is 4.28. The zero-order valence-corrected chi connectivity index (χ0v) is 13.5. The largest absolute Gasteiger partial charge is 0.493 e. The van der Waals surface area contributed by atoms with Crippen molar-refractivity contribution in [2.24, 2.45) is 0 Å². The van der Waals surface area contributed by atoms with Gasteiger partial charge in [0.15, 0.2) is 11.5 Å². The van der Waals surface area contributed by atoms with E-state index < -0.39 is 23.9 Å². The van der Waals surface area contributed by atoms with E-state index in [-0.39, 0.29) is 18.5 Å². The van der Waals surface area contributed by atoms with Gasteiger partial charge in [-0.15, -0.1) is 0 Å². The summed E-state index contributed by atoms with van der Waals surface area (Å²) in [4.78, 5) is 36.1. The fraction of sp³-hybridized carbons (Fsp3) is 0.400. The molecular weight excluding hydrogens is 320 g/mol. The molecule has 2 rings (SSSR count). The molecule has 1 atom stereocenters. The lowest BCUT2D eigenvalue weighted by Gasteiger charge is -2.18. The maximum Gasteiger partial charge on any atom is 0.329 e. The molecule has 0 spiro atoms. The zero-order chi connectivity index (χ0) is 17.9. The first-order valence-corrected chi connectivity index (χ1v) is 7.09. The number of hydrogen-bond acceptors (Lipinski definition) is 6. The Morgan fingerprint density at radius 1 is 1.17 bits per heavy atom. The first-order chi connectivity index (χ1) is 11.4. The number of ether oxygens (including phenoxy) is 3. The minimum absolute atomic E-state index is 0.0147. The molecule has 130 valence electrons. The maximum atomic E-state index is 12.4. The average molecular weight is 338 g/mol. The highest BCUT2D eigenvalue weighted by Crippen LogP contribution is 2.41. The number of carboxylic acid groups (broad SMARTS) is 1. The Morgan fingerprint density at radius 2 is 1.75 bits per heavy atom. The number of amides is 3. The van der Waals surface area contributed by atoms with Gasteiger partial charge in [0.25, 0.3) is 5.91 Å². The van der Waals surface area contributed by atoms with Crippen molar-refractivity contribution in [1.82, 2.24) is 5.32 Å². The van der Waals surface area contributed by atoms with E-state index in [1.807, 2.05) is 0 Å². The number of aliphatic carboxylic acids is 1. The Bertz CT molecular complexity index is 649. The van der Waals surface area contributed by atoms with Crippen molar-refractivity contribution in [3.8, 4) is 17.2 Å². The van der Waals surface area contributed by atoms with E-state index in [4.69, 9.17) is 19.3 Å². The molecule has 0 bridgehead atoms. The number of carbonyl (C=O) groups is 3. The molecule has 0 aliphatic carbocycles. The number of nitrogens with one attached hydrogen (secondary N) is 1. The lowest BCUT2D eigenvalue weighted by molar-refractivity contribution is -0.137. The molecule has 1 aliphatic rings. The summed E-state index contributed by atoms with van der Waals surface area (Å²) >= 11 is 0. The van der Waals surface area contributed by atoms with Gasteiger partial charge in [-0.2, -0.15) is 0 Å². The van der Waals surface area contributed by atoms with E-state index >= 15 is 0 Å². The molecule has 0 unspecified atom stereocenters. The van der Waals surface area contributed by atoms with Crippen LogP contribution in [0.25, 0.3) is 0 Å². The Hall–Kier alpha value is -2.97. The molecule has 0 radical (unpaired) electrons. The van der Waals surface area contributed by atoms with Gasteiger partial charge in [0.1, 0.15) is 6.04 Å². The number of carbonyl (C=O) groups excluding carboxylic acids is 2. The van der Waals surface area contributed by atoms with E-state index in [9.17, 15) is 14.4 Å². The molecule has 1 saturated heterocycles. The molecule has 0 saturated carbocycles. The molecule has 0 aromatic heterocycles. The van der Waals surface area contributed by atoms with Crippen LogP contribution in [0, 0.1) is 0 Å². The number of hydrogen-bond donors (Lipinski definition) is 2. The smallest absolute Gasteiger partial charge is 0.329 e. The summed E-state index contributed by atoms with van der Waals surface area (Å²) in [6, 6.07) is 1.42. The summed E-state index contributed by atoms with van der Waals surface area (Å²) in [6.07, 6.45) is -0.208. The van der Waals surface area contributed by atoms with E-state index in [2.05, 4.69) is 5.32 Å². The summed E-state index contributed by atoms with van der Waals surface area (Å²) in [5.74, 6) is -0.653. The second kappa shape index (κ2) is 7.07. The zero-order valence-electron chi connectivity index (χ0n) is 13.5. The second-order valence-corrected chi connectivity index (χ2v) is 4.99. The van der Waals surface area contributed by atoms with Crippen molar-refractivity contribution < 1.29 is 33.7 Å². The van der Waals surface area contributed by atoms with Crippen LogP contribution in [0.4, 0.5) is 10.5 Å². The predicted octanol–water partition coefficient (Wildman–Crippen LogP) is 1.00. The topological polar surface area (TPSA) is 114 Å². The molecular formula is C15H18N2O7. The first kappa shape index (κ1) is 17.4. The quantitative estimate of drug-likeness (QED) is 0.713. The molecule has 1 aromatic rings. The number of anilines is 1. The number of methoxy groups -OCH3 is 3. The van der Waals surface area contributed by atoms with Crippen LogP contribution in [-0.2, 0) is 9.59 Å². The average Bonchev–Trinajstić information content (AvgIpc) is 2.85. The minimum Gasteiger partial charge on any atom is -0.493 e. The van der Waals surface area contributed by atoms with E-state index in [1.165, 1.54) is 33.5 Å². The normalized spacial score (nSPS) is 16.8. The Morgan fingerprint density at radius 3 is 2.21 bits per heavy atom. The molecule has 3 amide bonds. The van der Waals surface area contributed by atoms with Gasteiger partial charge in [-0.25, -0.2) is 9.69 Å². The van der Waals surface area contributed by atoms with Gasteiger partial charge in [-0.1, -0.05) is 0 Å². The summed E-state index contributed by atoms with van der Waals surface area (Å²) in [5, 5.41) is 11.2. The maximum absolute atomic E-state index is 12.4. The molecule has 24 heavy (non-hydrogen) atoms. The molecule has 1 fully saturated rings. The van der Waals surface area contributed by atoms with Crippen molar-refractivity contribution in [3.63, 3.8) is 0 Å². The number of carboxylic acids is 1. The van der Waals surface area contributed by atoms with Gasteiger partial charge >= 0.3 is 12.0 Å². The monoisotopic (exact) mass is 338 g/mol. The van der Waals surface area contributed by atoms with Gasteiger partial charge in [0.2, 0.25) is 5.75 Å². The molecule has 1 heterocycles. The first-order valence-electron chi connectivity index (χ1n) is 7.09. The fourth-order valence-corrected chi connectivity index (χ4v) is 2.44.